The zero-order valence-corrected chi connectivity index (χ0v) is 9.63. The summed E-state index contributed by atoms with van der Waals surface area (Å²) in [6, 6.07) is 3.91. The third-order valence-corrected chi connectivity index (χ3v) is 2.62. The van der Waals surface area contributed by atoms with Crippen LogP contribution in [0.15, 0.2) is 29.0 Å². The highest BCUT2D eigenvalue weighted by molar-refractivity contribution is 5.90. The molecule has 0 aliphatic heterocycles. The van der Waals surface area contributed by atoms with Gasteiger partial charge in [-0.2, -0.15) is 5.10 Å². The topological polar surface area (TPSA) is 137 Å². The Morgan fingerprint density at radius 2 is 2.05 bits per heavy atom. The van der Waals surface area contributed by atoms with Gasteiger partial charge in [0.1, 0.15) is 0 Å². The minimum absolute atomic E-state index is 0.0279. The zero-order valence-electron chi connectivity index (χ0n) is 9.63. The molecule has 20 heavy (non-hydrogen) atoms. The lowest BCUT2D eigenvalue weighted by molar-refractivity contribution is -0.383. The molecular formula is C10H5N5O5. The van der Waals surface area contributed by atoms with E-state index in [1.807, 2.05) is 0 Å². The van der Waals surface area contributed by atoms with Crippen LogP contribution in [0.3, 0.4) is 0 Å². The Balaban J connectivity index is 2.21. The molecule has 3 rings (SSSR count). The molecule has 100 valence electrons. The highest BCUT2D eigenvalue weighted by atomic mass is 16.6. The number of aromatic carboxylic acids is 1. The average molecular weight is 275 g/mol. The summed E-state index contributed by atoms with van der Waals surface area (Å²) in [5.41, 5.74) is 0.0158. The Morgan fingerprint density at radius 1 is 1.30 bits per heavy atom. The van der Waals surface area contributed by atoms with Gasteiger partial charge in [0.05, 0.1) is 10.6 Å². The van der Waals surface area contributed by atoms with Crippen molar-refractivity contribution in [2.75, 3.05) is 0 Å². The first-order chi connectivity index (χ1) is 9.58. The number of nitro groups is 1. The van der Waals surface area contributed by atoms with Crippen molar-refractivity contribution in [1.82, 2.24) is 20.1 Å². The lowest BCUT2D eigenvalue weighted by Crippen LogP contribution is -2.02. The van der Waals surface area contributed by atoms with Crippen molar-refractivity contribution < 1.29 is 19.5 Å². The van der Waals surface area contributed by atoms with Crippen LogP contribution in [-0.2, 0) is 0 Å². The van der Waals surface area contributed by atoms with Gasteiger partial charge in [0.15, 0.2) is 11.2 Å². The number of carboxylic acid groups (broad SMARTS) is 1. The molecule has 0 radical (unpaired) electrons. The number of carbonyl (C=O) groups is 1. The molecule has 0 aliphatic carbocycles. The van der Waals surface area contributed by atoms with Crippen LogP contribution in [0, 0.1) is 10.1 Å². The van der Waals surface area contributed by atoms with E-state index in [4.69, 9.17) is 5.11 Å². The molecule has 0 amide bonds. The number of benzene rings is 1. The van der Waals surface area contributed by atoms with Gasteiger partial charge in [-0.1, -0.05) is 0 Å². The Morgan fingerprint density at radius 3 is 2.70 bits per heavy atom. The van der Waals surface area contributed by atoms with Crippen LogP contribution in [-0.4, -0.2) is 36.1 Å². The van der Waals surface area contributed by atoms with Gasteiger partial charge in [-0.3, -0.25) is 10.1 Å². The average Bonchev–Trinajstić information content (AvgIpc) is 3.06. The lowest BCUT2D eigenvalue weighted by Gasteiger charge is -2.00. The Hall–Kier alpha value is -3.30. The second-order valence-electron chi connectivity index (χ2n) is 3.77. The van der Waals surface area contributed by atoms with E-state index in [0.29, 0.717) is 5.69 Å². The minimum Gasteiger partial charge on any atom is -0.476 e. The summed E-state index contributed by atoms with van der Waals surface area (Å²) in [6.45, 7) is 0. The van der Waals surface area contributed by atoms with Crippen LogP contribution in [0.25, 0.3) is 16.7 Å². The number of rotatable bonds is 3. The molecule has 0 fully saturated rings. The third kappa shape index (κ3) is 1.67. The number of non-ortho nitro benzene ring substituents is 1. The number of hydrogen-bond acceptors (Lipinski definition) is 7. The number of aromatic nitrogens is 4. The van der Waals surface area contributed by atoms with Crippen molar-refractivity contribution in [1.29, 1.82) is 0 Å². The second-order valence-corrected chi connectivity index (χ2v) is 3.77. The lowest BCUT2D eigenvalue weighted by atomic mass is 10.2. The Labute approximate surface area is 109 Å². The predicted molar refractivity (Wildman–Crippen MR) is 62.5 cm³/mol. The Bertz CT molecular complexity index is 836. The molecule has 2 aromatic heterocycles. The van der Waals surface area contributed by atoms with E-state index in [1.54, 1.807) is 0 Å². The minimum atomic E-state index is -1.18. The zero-order chi connectivity index (χ0) is 14.3. The first-order valence-electron chi connectivity index (χ1n) is 5.27. The van der Waals surface area contributed by atoms with Crippen molar-refractivity contribution >= 4 is 22.7 Å². The summed E-state index contributed by atoms with van der Waals surface area (Å²) in [5.74, 6) is -1.18. The summed E-state index contributed by atoms with van der Waals surface area (Å²) >= 11 is 0. The normalized spacial score (nSPS) is 10.8. The van der Waals surface area contributed by atoms with Gasteiger partial charge in [-0.25, -0.2) is 14.1 Å². The molecule has 2 heterocycles. The highest BCUT2D eigenvalue weighted by Gasteiger charge is 2.21. The SMILES string of the molecule is O=C(O)c1ccn(-c2ccc([N+](=O)[O-])c3nonc23)n1. The van der Waals surface area contributed by atoms with Gasteiger partial charge in [0, 0.05) is 12.3 Å². The molecule has 10 nitrogen and oxygen atoms in total. The van der Waals surface area contributed by atoms with Gasteiger partial charge in [-0.05, 0) is 22.4 Å². The molecule has 1 N–H and O–H groups in total. The van der Waals surface area contributed by atoms with Crippen LogP contribution in [0.5, 0.6) is 0 Å². The molecule has 10 heteroatoms. The quantitative estimate of drug-likeness (QED) is 0.552. The molecule has 0 atom stereocenters. The monoisotopic (exact) mass is 275 g/mol. The maximum absolute atomic E-state index is 10.9. The van der Waals surface area contributed by atoms with Crippen LogP contribution in [0.4, 0.5) is 5.69 Å². The number of nitro benzene ring substituents is 1. The van der Waals surface area contributed by atoms with Gasteiger partial charge < -0.3 is 5.11 Å². The summed E-state index contributed by atoms with van der Waals surface area (Å²) < 4.78 is 5.75. The maximum atomic E-state index is 10.9. The van der Waals surface area contributed by atoms with E-state index in [9.17, 15) is 14.9 Å². The van der Waals surface area contributed by atoms with Crippen molar-refractivity contribution in [2.45, 2.75) is 0 Å². The first-order valence-corrected chi connectivity index (χ1v) is 5.27. The van der Waals surface area contributed by atoms with E-state index in [1.165, 1.54) is 29.1 Å². The second kappa shape index (κ2) is 4.12. The first kappa shape index (κ1) is 11.8. The van der Waals surface area contributed by atoms with Crippen molar-refractivity contribution in [3.05, 3.63) is 40.2 Å². The number of nitrogens with zero attached hydrogens (tertiary/aromatic N) is 5. The summed E-state index contributed by atoms with van der Waals surface area (Å²) in [5, 5.41) is 30.6. The van der Waals surface area contributed by atoms with Crippen LogP contribution < -0.4 is 0 Å². The smallest absolute Gasteiger partial charge is 0.356 e. The number of fused-ring (bicyclic) bond motifs is 1. The van der Waals surface area contributed by atoms with E-state index >= 15 is 0 Å². The van der Waals surface area contributed by atoms with Crippen molar-refractivity contribution in [2.24, 2.45) is 0 Å². The molecule has 1 aromatic carbocycles. The fraction of sp³-hybridized carbons (Fsp3) is 0. The molecule has 0 bridgehead atoms. The number of carboxylic acids is 1. The fourth-order valence-electron chi connectivity index (χ4n) is 1.74. The highest BCUT2D eigenvalue weighted by Crippen LogP contribution is 2.27. The van der Waals surface area contributed by atoms with Crippen molar-refractivity contribution in [3.63, 3.8) is 0 Å². The summed E-state index contributed by atoms with van der Waals surface area (Å²) in [6.07, 6.45) is 1.40. The molecular weight excluding hydrogens is 270 g/mol. The fourth-order valence-corrected chi connectivity index (χ4v) is 1.74. The van der Waals surface area contributed by atoms with Crippen LogP contribution in [0.1, 0.15) is 10.5 Å². The largest absolute Gasteiger partial charge is 0.476 e. The van der Waals surface area contributed by atoms with Crippen molar-refractivity contribution in [3.8, 4) is 5.69 Å². The summed E-state index contributed by atoms with van der Waals surface area (Å²) in [4.78, 5) is 21.0. The van der Waals surface area contributed by atoms with Gasteiger partial charge in [0.25, 0.3) is 0 Å². The number of hydrogen-bond donors (Lipinski definition) is 1. The Kier molecular flexibility index (Phi) is 2.42. The van der Waals surface area contributed by atoms with Crippen LogP contribution in [0.2, 0.25) is 0 Å². The van der Waals surface area contributed by atoms with Crippen LogP contribution >= 0.6 is 0 Å². The van der Waals surface area contributed by atoms with Gasteiger partial charge in [0.2, 0.25) is 5.52 Å². The third-order valence-electron chi connectivity index (χ3n) is 2.62. The van der Waals surface area contributed by atoms with Gasteiger partial charge in [-0.15, -0.1) is 0 Å². The van der Waals surface area contributed by atoms with E-state index in [0.717, 1.165) is 0 Å². The molecule has 0 unspecified atom stereocenters. The molecule has 0 saturated heterocycles. The molecule has 0 aliphatic rings. The van der Waals surface area contributed by atoms with Gasteiger partial charge >= 0.3 is 11.7 Å². The maximum Gasteiger partial charge on any atom is 0.356 e. The van der Waals surface area contributed by atoms with E-state index in [2.05, 4.69) is 20.0 Å². The molecule has 0 saturated carbocycles. The predicted octanol–water partition coefficient (Wildman–Crippen LogP) is 1.01. The molecule has 3 aromatic rings. The standard InChI is InChI=1S/C10H5N5O5/c16-10(17)5-3-4-14(11-5)6-1-2-7(15(18)19)9-8(6)12-20-13-9/h1-4H,(H,16,17). The summed E-state index contributed by atoms with van der Waals surface area (Å²) in [7, 11) is 0. The van der Waals surface area contributed by atoms with E-state index < -0.39 is 10.9 Å². The van der Waals surface area contributed by atoms with E-state index in [-0.39, 0.29) is 22.4 Å². The molecule has 0 spiro atoms.